The summed E-state index contributed by atoms with van der Waals surface area (Å²) in [6.45, 7) is 5.41. The van der Waals surface area contributed by atoms with E-state index in [2.05, 4.69) is 17.5 Å². The molecule has 1 amide bonds. The smallest absolute Gasteiger partial charge is 0.253 e. The Labute approximate surface area is 172 Å². The molecule has 3 unspecified atom stereocenters. The molecule has 0 saturated carbocycles. The fourth-order valence-corrected chi connectivity index (χ4v) is 4.68. The maximum atomic E-state index is 12.8. The molecule has 0 saturated heterocycles. The number of carbonyl (C=O) groups is 1. The van der Waals surface area contributed by atoms with E-state index in [1.54, 1.807) is 13.2 Å². The molecule has 0 aromatic heterocycles. The number of anilines is 1. The van der Waals surface area contributed by atoms with Gasteiger partial charge in [-0.15, -0.1) is 0 Å². The lowest BCUT2D eigenvalue weighted by atomic mass is 9.76. The van der Waals surface area contributed by atoms with Crippen LogP contribution in [0, 0.1) is 5.92 Å². The minimum Gasteiger partial charge on any atom is -0.504 e. The zero-order chi connectivity index (χ0) is 20.5. The monoisotopic (exact) mass is 392 g/mol. The molecule has 5 heteroatoms. The van der Waals surface area contributed by atoms with Crippen LogP contribution in [0.3, 0.4) is 0 Å². The standard InChI is InChI=1S/C24H28N2O3/c1-4-26(5-2)24(28)15-12-13-20-19(14-15)16-8-6-9-17(16)22(25-20)18-10-7-11-21(29-3)23(18)27/h6-8,10-14,16-17,22,25,27H,4-5,9H2,1-3H3. The molecule has 0 fully saturated rings. The van der Waals surface area contributed by atoms with E-state index in [0.717, 1.165) is 28.8 Å². The summed E-state index contributed by atoms with van der Waals surface area (Å²) in [6, 6.07) is 11.5. The Balaban J connectivity index is 1.72. The number of benzene rings is 2. The Morgan fingerprint density at radius 1 is 1.21 bits per heavy atom. The molecule has 2 aliphatic rings. The number of amides is 1. The number of para-hydroxylation sites is 1. The minimum absolute atomic E-state index is 0.0260. The number of ether oxygens (including phenoxy) is 1. The van der Waals surface area contributed by atoms with Gasteiger partial charge in [-0.25, -0.2) is 0 Å². The normalized spacial score (nSPS) is 21.8. The number of allylic oxidation sites excluding steroid dienone is 2. The Bertz CT molecular complexity index is 949. The number of carbonyl (C=O) groups excluding carboxylic acids is 1. The van der Waals surface area contributed by atoms with Gasteiger partial charge < -0.3 is 20.1 Å². The van der Waals surface area contributed by atoms with Crippen molar-refractivity contribution in [2.24, 2.45) is 5.92 Å². The third-order valence-corrected chi connectivity index (χ3v) is 6.25. The fraction of sp³-hybridized carbons (Fsp3) is 0.375. The molecule has 2 N–H and O–H groups in total. The summed E-state index contributed by atoms with van der Waals surface area (Å²) < 4.78 is 5.31. The number of nitrogens with zero attached hydrogens (tertiary/aromatic N) is 1. The molecule has 0 spiro atoms. The van der Waals surface area contributed by atoms with Crippen LogP contribution in [0.25, 0.3) is 0 Å². The minimum atomic E-state index is -0.0260. The number of phenols is 1. The molecule has 2 aromatic carbocycles. The summed E-state index contributed by atoms with van der Waals surface area (Å²) in [7, 11) is 1.57. The van der Waals surface area contributed by atoms with Gasteiger partial charge in [0, 0.05) is 35.8 Å². The van der Waals surface area contributed by atoms with Crippen LogP contribution in [0.5, 0.6) is 11.5 Å². The van der Waals surface area contributed by atoms with E-state index in [9.17, 15) is 9.90 Å². The van der Waals surface area contributed by atoms with E-state index in [-0.39, 0.29) is 29.5 Å². The zero-order valence-electron chi connectivity index (χ0n) is 17.2. The largest absolute Gasteiger partial charge is 0.504 e. The van der Waals surface area contributed by atoms with E-state index in [4.69, 9.17) is 4.74 Å². The van der Waals surface area contributed by atoms with Gasteiger partial charge in [-0.2, -0.15) is 0 Å². The first kappa shape index (κ1) is 19.4. The number of aromatic hydroxyl groups is 1. The maximum absolute atomic E-state index is 12.8. The third-order valence-electron chi connectivity index (χ3n) is 6.25. The number of nitrogens with one attached hydrogen (secondary N) is 1. The molecule has 1 aliphatic heterocycles. The molecule has 152 valence electrons. The number of phenolic OH excluding ortho intramolecular Hbond substituents is 1. The van der Waals surface area contributed by atoms with Crippen LogP contribution in [0.2, 0.25) is 0 Å². The Kier molecular flexibility index (Phi) is 5.22. The summed E-state index contributed by atoms with van der Waals surface area (Å²) in [5.74, 6) is 1.24. The van der Waals surface area contributed by atoms with Gasteiger partial charge in [-0.3, -0.25) is 4.79 Å². The molecule has 1 heterocycles. The second-order valence-corrected chi connectivity index (χ2v) is 7.65. The molecule has 4 rings (SSSR count). The number of hydrogen-bond acceptors (Lipinski definition) is 4. The van der Waals surface area contributed by atoms with Crippen molar-refractivity contribution in [2.45, 2.75) is 32.2 Å². The Morgan fingerprint density at radius 3 is 2.72 bits per heavy atom. The average Bonchev–Trinajstić information content (AvgIpc) is 3.24. The lowest BCUT2D eigenvalue weighted by Crippen LogP contribution is -2.32. The van der Waals surface area contributed by atoms with Gasteiger partial charge >= 0.3 is 0 Å². The molecule has 29 heavy (non-hydrogen) atoms. The molecule has 1 aliphatic carbocycles. The first-order valence-corrected chi connectivity index (χ1v) is 10.3. The van der Waals surface area contributed by atoms with E-state index >= 15 is 0 Å². The lowest BCUT2D eigenvalue weighted by molar-refractivity contribution is 0.0773. The van der Waals surface area contributed by atoms with Crippen molar-refractivity contribution in [2.75, 3.05) is 25.5 Å². The second-order valence-electron chi connectivity index (χ2n) is 7.65. The molecule has 3 atom stereocenters. The number of hydrogen-bond donors (Lipinski definition) is 2. The number of rotatable bonds is 5. The highest BCUT2D eigenvalue weighted by Gasteiger charge is 2.39. The van der Waals surface area contributed by atoms with Crippen molar-refractivity contribution in [3.8, 4) is 11.5 Å². The van der Waals surface area contributed by atoms with Crippen molar-refractivity contribution in [3.63, 3.8) is 0 Å². The quantitative estimate of drug-likeness (QED) is 0.724. The zero-order valence-corrected chi connectivity index (χ0v) is 17.2. The van der Waals surface area contributed by atoms with Crippen molar-refractivity contribution >= 4 is 11.6 Å². The van der Waals surface area contributed by atoms with Gasteiger partial charge in [0.05, 0.1) is 13.2 Å². The molecular weight excluding hydrogens is 364 g/mol. The topological polar surface area (TPSA) is 61.8 Å². The fourth-order valence-electron chi connectivity index (χ4n) is 4.68. The van der Waals surface area contributed by atoms with E-state index in [1.165, 1.54) is 0 Å². The number of methoxy groups -OCH3 is 1. The van der Waals surface area contributed by atoms with Crippen molar-refractivity contribution in [3.05, 3.63) is 65.2 Å². The van der Waals surface area contributed by atoms with Crippen LogP contribution in [0.15, 0.2) is 48.6 Å². The summed E-state index contributed by atoms with van der Waals surface area (Å²) in [4.78, 5) is 14.7. The van der Waals surface area contributed by atoms with E-state index in [1.807, 2.05) is 49.1 Å². The van der Waals surface area contributed by atoms with Gasteiger partial charge in [0.2, 0.25) is 0 Å². The SMILES string of the molecule is CCN(CC)C(=O)c1ccc2c(c1)C1C=CCC1C(c1cccc(OC)c1O)N2. The number of fused-ring (bicyclic) bond motifs is 3. The predicted molar refractivity (Wildman–Crippen MR) is 115 cm³/mol. The first-order chi connectivity index (χ1) is 14.1. The second kappa shape index (κ2) is 7.82. The summed E-state index contributed by atoms with van der Waals surface area (Å²) in [5, 5.41) is 14.3. The van der Waals surface area contributed by atoms with Crippen molar-refractivity contribution < 1.29 is 14.6 Å². The van der Waals surface area contributed by atoms with Crippen LogP contribution in [0.4, 0.5) is 5.69 Å². The Hall–Kier alpha value is -2.95. The summed E-state index contributed by atoms with van der Waals surface area (Å²) >= 11 is 0. The molecular formula is C24H28N2O3. The van der Waals surface area contributed by atoms with Crippen LogP contribution < -0.4 is 10.1 Å². The van der Waals surface area contributed by atoms with Gasteiger partial charge in [0.15, 0.2) is 11.5 Å². The highest BCUT2D eigenvalue weighted by Crippen LogP contribution is 2.52. The van der Waals surface area contributed by atoms with Gasteiger partial charge in [-0.1, -0.05) is 24.3 Å². The Morgan fingerprint density at radius 2 is 2.00 bits per heavy atom. The van der Waals surface area contributed by atoms with Crippen LogP contribution in [0.1, 0.15) is 53.7 Å². The predicted octanol–water partition coefficient (Wildman–Crippen LogP) is 4.71. The van der Waals surface area contributed by atoms with Crippen molar-refractivity contribution in [1.29, 1.82) is 0 Å². The van der Waals surface area contributed by atoms with E-state index < -0.39 is 0 Å². The third kappa shape index (κ3) is 3.24. The van der Waals surface area contributed by atoms with Crippen LogP contribution >= 0.6 is 0 Å². The summed E-state index contributed by atoms with van der Waals surface area (Å²) in [5.41, 5.74) is 3.74. The van der Waals surface area contributed by atoms with Crippen LogP contribution in [-0.4, -0.2) is 36.1 Å². The van der Waals surface area contributed by atoms with Gasteiger partial charge in [-0.05, 0) is 56.0 Å². The van der Waals surface area contributed by atoms with E-state index in [0.29, 0.717) is 18.8 Å². The van der Waals surface area contributed by atoms with Gasteiger partial charge in [0.1, 0.15) is 0 Å². The van der Waals surface area contributed by atoms with Gasteiger partial charge in [0.25, 0.3) is 5.91 Å². The van der Waals surface area contributed by atoms with Crippen molar-refractivity contribution in [1.82, 2.24) is 4.90 Å². The average molecular weight is 392 g/mol. The lowest BCUT2D eigenvalue weighted by Gasteiger charge is -2.38. The molecule has 2 aromatic rings. The molecule has 5 nitrogen and oxygen atoms in total. The molecule has 0 bridgehead atoms. The summed E-state index contributed by atoms with van der Waals surface area (Å²) in [6.07, 6.45) is 5.36. The maximum Gasteiger partial charge on any atom is 0.253 e. The highest BCUT2D eigenvalue weighted by molar-refractivity contribution is 5.95. The first-order valence-electron chi connectivity index (χ1n) is 10.3. The highest BCUT2D eigenvalue weighted by atomic mass is 16.5. The molecule has 0 radical (unpaired) electrons. The van der Waals surface area contributed by atoms with Crippen LogP contribution in [-0.2, 0) is 0 Å².